The normalized spacial score (nSPS) is 16.2. The highest BCUT2D eigenvalue weighted by molar-refractivity contribution is 5.95. The number of anilines is 1. The maximum atomic E-state index is 6.18. The molecule has 0 unspecified atom stereocenters. The van der Waals surface area contributed by atoms with Gasteiger partial charge in [-0.05, 0) is 23.3 Å². The van der Waals surface area contributed by atoms with Crippen molar-refractivity contribution in [1.29, 1.82) is 0 Å². The Morgan fingerprint density at radius 1 is 1.10 bits per heavy atom. The molecule has 0 amide bonds. The molecule has 4 aromatic rings. The van der Waals surface area contributed by atoms with Gasteiger partial charge in [-0.1, -0.05) is 44.2 Å². The van der Waals surface area contributed by atoms with Crippen LogP contribution in [0.2, 0.25) is 0 Å². The highest BCUT2D eigenvalue weighted by Gasteiger charge is 2.31. The van der Waals surface area contributed by atoms with Crippen molar-refractivity contribution >= 4 is 22.5 Å². The lowest BCUT2D eigenvalue weighted by Gasteiger charge is -2.39. The molecule has 2 aromatic heterocycles. The van der Waals surface area contributed by atoms with Crippen molar-refractivity contribution in [3.63, 3.8) is 0 Å². The van der Waals surface area contributed by atoms with Crippen LogP contribution in [0.4, 0.5) is 5.95 Å². The lowest BCUT2D eigenvalue weighted by molar-refractivity contribution is 0.182. The average molecular weight is 388 g/mol. The summed E-state index contributed by atoms with van der Waals surface area (Å²) in [5, 5.41) is 5.53. The van der Waals surface area contributed by atoms with E-state index in [-0.39, 0.29) is 5.41 Å². The van der Waals surface area contributed by atoms with E-state index >= 15 is 0 Å². The van der Waals surface area contributed by atoms with Crippen molar-refractivity contribution in [2.75, 3.05) is 19.4 Å². The summed E-state index contributed by atoms with van der Waals surface area (Å²) in [6.07, 6.45) is 0. The first kappa shape index (κ1) is 17.9. The second kappa shape index (κ2) is 6.42. The third kappa shape index (κ3) is 2.89. The number of nitrogens with two attached hydrogens (primary N) is 1. The molecule has 1 aliphatic heterocycles. The fourth-order valence-electron chi connectivity index (χ4n) is 4.47. The van der Waals surface area contributed by atoms with Crippen molar-refractivity contribution in [3.8, 4) is 5.75 Å². The summed E-state index contributed by atoms with van der Waals surface area (Å²) in [5.41, 5.74) is 10.5. The molecule has 7 nitrogen and oxygen atoms in total. The van der Waals surface area contributed by atoms with E-state index in [1.165, 1.54) is 11.1 Å². The number of para-hydroxylation sites is 1. The highest BCUT2D eigenvalue weighted by Crippen LogP contribution is 2.34. The molecule has 0 radical (unpaired) electrons. The first-order valence-corrected chi connectivity index (χ1v) is 9.75. The third-order valence-corrected chi connectivity index (χ3v) is 5.68. The zero-order chi connectivity index (χ0) is 20.2. The van der Waals surface area contributed by atoms with E-state index in [0.29, 0.717) is 29.4 Å². The van der Waals surface area contributed by atoms with E-state index in [4.69, 9.17) is 15.5 Å². The minimum atomic E-state index is 0.0780. The van der Waals surface area contributed by atoms with Gasteiger partial charge in [0.2, 0.25) is 5.95 Å². The molecule has 3 heterocycles. The van der Waals surface area contributed by atoms with Gasteiger partial charge in [-0.25, -0.2) is 9.97 Å². The molecule has 0 atom stereocenters. The minimum Gasteiger partial charge on any atom is -0.494 e. The van der Waals surface area contributed by atoms with Gasteiger partial charge in [-0.3, -0.25) is 4.90 Å². The number of hydrogen-bond donors (Lipinski definition) is 1. The van der Waals surface area contributed by atoms with Crippen molar-refractivity contribution in [2.24, 2.45) is 0 Å². The van der Waals surface area contributed by atoms with Crippen molar-refractivity contribution in [2.45, 2.75) is 32.4 Å². The molecule has 0 saturated heterocycles. The molecule has 0 spiro atoms. The van der Waals surface area contributed by atoms with Gasteiger partial charge in [0, 0.05) is 23.9 Å². The molecule has 148 valence electrons. The third-order valence-electron chi connectivity index (χ3n) is 5.68. The molecule has 5 rings (SSSR count). The second-order valence-electron chi connectivity index (χ2n) is 8.28. The van der Waals surface area contributed by atoms with Crippen LogP contribution in [-0.2, 0) is 18.5 Å². The Hall–Kier alpha value is -3.19. The molecule has 7 heteroatoms. The van der Waals surface area contributed by atoms with E-state index in [2.05, 4.69) is 53.1 Å². The predicted molar refractivity (Wildman–Crippen MR) is 113 cm³/mol. The Labute approximate surface area is 169 Å². The average Bonchev–Trinajstić information content (AvgIpc) is 3.12. The Kier molecular flexibility index (Phi) is 3.96. The lowest BCUT2D eigenvalue weighted by Crippen LogP contribution is -2.41. The number of ether oxygens (including phenoxy) is 1. The van der Waals surface area contributed by atoms with Gasteiger partial charge in [0.05, 0.1) is 13.7 Å². The number of methoxy groups -OCH3 is 1. The predicted octanol–water partition coefficient (Wildman–Crippen LogP) is 3.16. The summed E-state index contributed by atoms with van der Waals surface area (Å²) in [7, 11) is 1.63. The van der Waals surface area contributed by atoms with Crippen LogP contribution in [0.5, 0.6) is 5.75 Å². The van der Waals surface area contributed by atoms with Crippen LogP contribution in [0, 0.1) is 0 Å². The molecular formula is C22H24N6O. The fourth-order valence-corrected chi connectivity index (χ4v) is 4.47. The quantitative estimate of drug-likeness (QED) is 0.581. The molecule has 0 fully saturated rings. The number of aromatic nitrogens is 4. The number of nitrogens with zero attached hydrogens (tertiary/aromatic N) is 5. The Morgan fingerprint density at radius 3 is 2.76 bits per heavy atom. The topological polar surface area (TPSA) is 81.6 Å². The van der Waals surface area contributed by atoms with E-state index < -0.39 is 0 Å². The number of fused-ring (bicyclic) bond motifs is 4. The monoisotopic (exact) mass is 388 g/mol. The summed E-state index contributed by atoms with van der Waals surface area (Å²) in [6.45, 7) is 7.07. The molecule has 0 aliphatic carbocycles. The zero-order valence-electron chi connectivity index (χ0n) is 16.9. The summed E-state index contributed by atoms with van der Waals surface area (Å²) in [6, 6.07) is 14.4. The first-order valence-electron chi connectivity index (χ1n) is 9.75. The smallest absolute Gasteiger partial charge is 0.223 e. The van der Waals surface area contributed by atoms with Crippen LogP contribution in [0.1, 0.15) is 30.8 Å². The van der Waals surface area contributed by atoms with Crippen LogP contribution in [0.15, 0.2) is 42.5 Å². The van der Waals surface area contributed by atoms with Gasteiger partial charge < -0.3 is 10.5 Å². The molecule has 0 saturated carbocycles. The van der Waals surface area contributed by atoms with Crippen molar-refractivity contribution in [3.05, 3.63) is 59.4 Å². The van der Waals surface area contributed by atoms with Gasteiger partial charge in [0.1, 0.15) is 11.3 Å². The summed E-state index contributed by atoms with van der Waals surface area (Å²) >= 11 is 0. The van der Waals surface area contributed by atoms with Gasteiger partial charge in [-0.2, -0.15) is 4.52 Å². The standard InChI is InChI=1S/C22H24N6O/c1-22(2)13-27(11-14-7-4-5-9-16(14)22)12-18-24-20-15-8-6-10-17(29-3)19(15)25-21(23)28(20)26-18/h4-10H,11-13H2,1-3H3,(H2,23,25). The van der Waals surface area contributed by atoms with Crippen LogP contribution in [-0.4, -0.2) is 38.1 Å². The molecule has 29 heavy (non-hydrogen) atoms. The van der Waals surface area contributed by atoms with Crippen molar-refractivity contribution in [1.82, 2.24) is 24.5 Å². The minimum absolute atomic E-state index is 0.0780. The summed E-state index contributed by atoms with van der Waals surface area (Å²) < 4.78 is 7.06. The van der Waals surface area contributed by atoms with Crippen LogP contribution >= 0.6 is 0 Å². The molecule has 2 aromatic carbocycles. The summed E-state index contributed by atoms with van der Waals surface area (Å²) in [4.78, 5) is 11.7. The SMILES string of the molecule is COc1cccc2c1nc(N)n1nc(CN3Cc4ccccc4C(C)(C)C3)nc21. The fraction of sp³-hybridized carbons (Fsp3) is 0.318. The zero-order valence-corrected chi connectivity index (χ0v) is 16.9. The highest BCUT2D eigenvalue weighted by atomic mass is 16.5. The van der Waals surface area contributed by atoms with E-state index in [1.54, 1.807) is 11.6 Å². The first-order chi connectivity index (χ1) is 14.0. The molecule has 1 aliphatic rings. The Balaban J connectivity index is 1.54. The second-order valence-corrected chi connectivity index (χ2v) is 8.28. The number of nitrogen functional groups attached to an aromatic ring is 1. The Morgan fingerprint density at radius 2 is 1.93 bits per heavy atom. The van der Waals surface area contributed by atoms with Crippen LogP contribution in [0.25, 0.3) is 16.6 Å². The van der Waals surface area contributed by atoms with E-state index in [0.717, 1.165) is 24.3 Å². The number of rotatable bonds is 3. The van der Waals surface area contributed by atoms with Gasteiger partial charge in [0.25, 0.3) is 0 Å². The summed E-state index contributed by atoms with van der Waals surface area (Å²) in [5.74, 6) is 1.72. The van der Waals surface area contributed by atoms with Gasteiger partial charge >= 0.3 is 0 Å². The van der Waals surface area contributed by atoms with E-state index in [1.807, 2.05) is 18.2 Å². The largest absolute Gasteiger partial charge is 0.494 e. The Bertz CT molecular complexity index is 1230. The molecule has 2 N–H and O–H groups in total. The lowest BCUT2D eigenvalue weighted by atomic mass is 9.78. The van der Waals surface area contributed by atoms with E-state index in [9.17, 15) is 0 Å². The van der Waals surface area contributed by atoms with Crippen LogP contribution < -0.4 is 10.5 Å². The van der Waals surface area contributed by atoms with Crippen molar-refractivity contribution < 1.29 is 4.74 Å². The van der Waals surface area contributed by atoms with Crippen LogP contribution in [0.3, 0.4) is 0 Å². The maximum Gasteiger partial charge on any atom is 0.223 e. The number of hydrogen-bond acceptors (Lipinski definition) is 6. The maximum absolute atomic E-state index is 6.18. The number of benzene rings is 2. The van der Waals surface area contributed by atoms with Gasteiger partial charge in [0.15, 0.2) is 11.5 Å². The van der Waals surface area contributed by atoms with Gasteiger partial charge in [-0.15, -0.1) is 5.10 Å². The molecule has 0 bridgehead atoms. The molecular weight excluding hydrogens is 364 g/mol.